The van der Waals surface area contributed by atoms with Gasteiger partial charge in [0.25, 0.3) is 0 Å². The van der Waals surface area contributed by atoms with Crippen molar-refractivity contribution < 1.29 is 9.50 Å². The SMILES string of the molecule is OC(CF)c1csc2c1CCCC2. The van der Waals surface area contributed by atoms with Crippen LogP contribution in [0, 0.1) is 0 Å². The number of rotatable bonds is 2. The van der Waals surface area contributed by atoms with Crippen LogP contribution in [-0.4, -0.2) is 11.8 Å². The molecule has 0 amide bonds. The molecule has 1 aromatic heterocycles. The Morgan fingerprint density at radius 2 is 2.23 bits per heavy atom. The molecule has 1 aromatic rings. The summed E-state index contributed by atoms with van der Waals surface area (Å²) in [6.45, 7) is -0.664. The van der Waals surface area contributed by atoms with Gasteiger partial charge in [0.2, 0.25) is 0 Å². The van der Waals surface area contributed by atoms with E-state index in [0.29, 0.717) is 0 Å². The van der Waals surface area contributed by atoms with Gasteiger partial charge >= 0.3 is 0 Å². The van der Waals surface area contributed by atoms with Crippen LogP contribution in [0.15, 0.2) is 5.38 Å². The lowest BCUT2D eigenvalue weighted by atomic mass is 9.94. The molecule has 1 unspecified atom stereocenters. The number of alkyl halides is 1. The molecule has 72 valence electrons. The van der Waals surface area contributed by atoms with E-state index >= 15 is 0 Å². The number of hydrogen-bond donors (Lipinski definition) is 1. The van der Waals surface area contributed by atoms with Crippen molar-refractivity contribution in [1.29, 1.82) is 0 Å². The predicted molar refractivity (Wildman–Crippen MR) is 51.9 cm³/mol. The van der Waals surface area contributed by atoms with Crippen LogP contribution in [0.5, 0.6) is 0 Å². The number of aliphatic hydroxyl groups is 1. The molecule has 0 aliphatic heterocycles. The Morgan fingerprint density at radius 3 is 3.00 bits per heavy atom. The van der Waals surface area contributed by atoms with Gasteiger partial charge in [-0.3, -0.25) is 0 Å². The van der Waals surface area contributed by atoms with E-state index in [1.807, 2.05) is 5.38 Å². The van der Waals surface area contributed by atoms with E-state index in [1.165, 1.54) is 23.3 Å². The van der Waals surface area contributed by atoms with Crippen LogP contribution in [0.2, 0.25) is 0 Å². The van der Waals surface area contributed by atoms with E-state index in [4.69, 9.17) is 0 Å². The highest BCUT2D eigenvalue weighted by Gasteiger charge is 2.19. The summed E-state index contributed by atoms with van der Waals surface area (Å²) in [5.41, 5.74) is 2.06. The van der Waals surface area contributed by atoms with Crippen LogP contribution in [-0.2, 0) is 12.8 Å². The van der Waals surface area contributed by atoms with Crippen molar-refractivity contribution in [3.63, 3.8) is 0 Å². The van der Waals surface area contributed by atoms with Gasteiger partial charge < -0.3 is 5.11 Å². The van der Waals surface area contributed by atoms with Gasteiger partial charge in [0.05, 0.1) is 0 Å². The zero-order chi connectivity index (χ0) is 9.26. The second-order valence-electron chi connectivity index (χ2n) is 3.47. The summed E-state index contributed by atoms with van der Waals surface area (Å²) >= 11 is 1.67. The lowest BCUT2D eigenvalue weighted by Crippen LogP contribution is -2.05. The van der Waals surface area contributed by atoms with E-state index in [1.54, 1.807) is 11.3 Å². The quantitative estimate of drug-likeness (QED) is 0.778. The lowest BCUT2D eigenvalue weighted by Gasteiger charge is -2.14. The molecule has 13 heavy (non-hydrogen) atoms. The Morgan fingerprint density at radius 1 is 1.46 bits per heavy atom. The van der Waals surface area contributed by atoms with Gasteiger partial charge in [0, 0.05) is 4.88 Å². The molecule has 1 atom stereocenters. The average molecular weight is 200 g/mol. The first-order chi connectivity index (χ1) is 6.33. The lowest BCUT2D eigenvalue weighted by molar-refractivity contribution is 0.141. The zero-order valence-electron chi connectivity index (χ0n) is 7.42. The van der Waals surface area contributed by atoms with Crippen LogP contribution < -0.4 is 0 Å². The molecule has 1 aliphatic carbocycles. The Balaban J connectivity index is 2.31. The van der Waals surface area contributed by atoms with Gasteiger partial charge in [-0.25, -0.2) is 4.39 Å². The van der Waals surface area contributed by atoms with Gasteiger partial charge in [-0.1, -0.05) is 0 Å². The maximum absolute atomic E-state index is 12.3. The summed E-state index contributed by atoms with van der Waals surface area (Å²) < 4.78 is 12.3. The van der Waals surface area contributed by atoms with E-state index in [0.717, 1.165) is 18.4 Å². The topological polar surface area (TPSA) is 20.2 Å². The maximum Gasteiger partial charge on any atom is 0.120 e. The smallest absolute Gasteiger partial charge is 0.120 e. The standard InChI is InChI=1S/C10H13FOS/c11-5-9(12)8-6-13-10-4-2-1-3-7(8)10/h6,9,12H,1-5H2. The van der Waals surface area contributed by atoms with Crippen molar-refractivity contribution >= 4 is 11.3 Å². The summed E-state index contributed by atoms with van der Waals surface area (Å²) in [4.78, 5) is 1.36. The number of aliphatic hydroxyl groups excluding tert-OH is 1. The largest absolute Gasteiger partial charge is 0.386 e. The fourth-order valence-corrected chi connectivity index (χ4v) is 3.07. The molecule has 0 saturated heterocycles. The number of thiophene rings is 1. The summed E-state index contributed by atoms with van der Waals surface area (Å²) in [7, 11) is 0. The van der Waals surface area contributed by atoms with Crippen molar-refractivity contribution in [3.05, 3.63) is 21.4 Å². The zero-order valence-corrected chi connectivity index (χ0v) is 8.24. The number of halogens is 1. The first-order valence-electron chi connectivity index (χ1n) is 4.66. The molecule has 0 fully saturated rings. The third-order valence-electron chi connectivity index (χ3n) is 2.60. The van der Waals surface area contributed by atoms with E-state index in [2.05, 4.69) is 0 Å². The molecule has 0 bridgehead atoms. The van der Waals surface area contributed by atoms with E-state index in [9.17, 15) is 9.50 Å². The Kier molecular flexibility index (Phi) is 2.65. The predicted octanol–water partition coefficient (Wildman–Crippen LogP) is 2.63. The Labute approximate surface area is 81.2 Å². The maximum atomic E-state index is 12.3. The molecule has 1 nitrogen and oxygen atoms in total. The number of aryl methyl sites for hydroxylation is 1. The van der Waals surface area contributed by atoms with E-state index < -0.39 is 12.8 Å². The molecule has 1 heterocycles. The van der Waals surface area contributed by atoms with Crippen molar-refractivity contribution in [2.45, 2.75) is 31.8 Å². The second-order valence-corrected chi connectivity index (χ2v) is 4.43. The van der Waals surface area contributed by atoms with Gasteiger partial charge in [-0.2, -0.15) is 0 Å². The third kappa shape index (κ3) is 1.63. The highest BCUT2D eigenvalue weighted by molar-refractivity contribution is 7.10. The third-order valence-corrected chi connectivity index (χ3v) is 3.71. The van der Waals surface area contributed by atoms with Crippen LogP contribution in [0.25, 0.3) is 0 Å². The summed E-state index contributed by atoms with van der Waals surface area (Å²) in [5.74, 6) is 0. The van der Waals surface area contributed by atoms with Gasteiger partial charge in [0.1, 0.15) is 12.8 Å². The van der Waals surface area contributed by atoms with Crippen LogP contribution >= 0.6 is 11.3 Å². The average Bonchev–Trinajstić information content (AvgIpc) is 2.60. The minimum absolute atomic E-state index is 0.664. The summed E-state index contributed by atoms with van der Waals surface area (Å²) in [6, 6.07) is 0. The molecule has 1 aliphatic rings. The first kappa shape index (κ1) is 9.16. The normalized spacial score (nSPS) is 18.3. The molecule has 2 rings (SSSR count). The van der Waals surface area contributed by atoms with Gasteiger partial charge in [0.15, 0.2) is 0 Å². The van der Waals surface area contributed by atoms with Crippen molar-refractivity contribution in [1.82, 2.24) is 0 Å². The molecule has 0 radical (unpaired) electrons. The number of hydrogen-bond acceptors (Lipinski definition) is 2. The van der Waals surface area contributed by atoms with Crippen LogP contribution in [0.3, 0.4) is 0 Å². The fraction of sp³-hybridized carbons (Fsp3) is 0.600. The minimum atomic E-state index is -0.891. The highest BCUT2D eigenvalue weighted by atomic mass is 32.1. The Hall–Kier alpha value is -0.410. The van der Waals surface area contributed by atoms with Gasteiger partial charge in [-0.05, 0) is 42.2 Å². The summed E-state index contributed by atoms with van der Waals surface area (Å²) in [6.07, 6.45) is 3.65. The van der Waals surface area contributed by atoms with Crippen LogP contribution in [0.1, 0.15) is 34.9 Å². The van der Waals surface area contributed by atoms with Gasteiger partial charge in [-0.15, -0.1) is 11.3 Å². The van der Waals surface area contributed by atoms with Crippen molar-refractivity contribution in [3.8, 4) is 0 Å². The fourth-order valence-electron chi connectivity index (χ4n) is 1.88. The van der Waals surface area contributed by atoms with E-state index in [-0.39, 0.29) is 0 Å². The number of fused-ring (bicyclic) bond motifs is 1. The Bertz CT molecular complexity index is 295. The molecule has 0 saturated carbocycles. The monoisotopic (exact) mass is 200 g/mol. The minimum Gasteiger partial charge on any atom is -0.386 e. The molecule has 0 aromatic carbocycles. The molecular formula is C10H13FOS. The first-order valence-corrected chi connectivity index (χ1v) is 5.54. The molecule has 3 heteroatoms. The van der Waals surface area contributed by atoms with Crippen molar-refractivity contribution in [2.75, 3.05) is 6.67 Å². The molecule has 0 spiro atoms. The second kappa shape index (κ2) is 3.76. The highest BCUT2D eigenvalue weighted by Crippen LogP contribution is 2.33. The molecular weight excluding hydrogens is 187 g/mol. The summed E-state index contributed by atoms with van der Waals surface area (Å²) in [5, 5.41) is 11.3. The molecule has 1 N–H and O–H groups in total. The van der Waals surface area contributed by atoms with Crippen LogP contribution in [0.4, 0.5) is 4.39 Å². The van der Waals surface area contributed by atoms with Crippen molar-refractivity contribution in [2.24, 2.45) is 0 Å².